The van der Waals surface area contributed by atoms with Crippen LogP contribution in [0.2, 0.25) is 0 Å². The molecule has 0 fully saturated rings. The molecule has 0 amide bonds. The second kappa shape index (κ2) is 6.08. The SMILES string of the molecule is S=C(Nc1ccccc1)N1NC2=C(CCCC2)C1c1ccco1. The fourth-order valence-corrected chi connectivity index (χ4v) is 3.61. The van der Waals surface area contributed by atoms with Crippen LogP contribution in [0.1, 0.15) is 37.5 Å². The minimum atomic E-state index is 0.0454. The Kier molecular flexibility index (Phi) is 3.79. The van der Waals surface area contributed by atoms with Gasteiger partial charge in [-0.1, -0.05) is 18.2 Å². The lowest BCUT2D eigenvalue weighted by Crippen LogP contribution is -2.42. The molecule has 1 unspecified atom stereocenters. The van der Waals surface area contributed by atoms with Crippen molar-refractivity contribution in [2.75, 3.05) is 5.32 Å². The third-order valence-corrected chi connectivity index (χ3v) is 4.71. The van der Waals surface area contributed by atoms with Crippen molar-refractivity contribution in [3.8, 4) is 0 Å². The lowest BCUT2D eigenvalue weighted by molar-refractivity contribution is 0.289. The summed E-state index contributed by atoms with van der Waals surface area (Å²) in [5, 5.41) is 6.00. The van der Waals surface area contributed by atoms with E-state index in [1.54, 1.807) is 6.26 Å². The molecule has 1 aromatic carbocycles. The summed E-state index contributed by atoms with van der Waals surface area (Å²) in [4.78, 5) is 0. The Morgan fingerprint density at radius 1 is 1.13 bits per heavy atom. The summed E-state index contributed by atoms with van der Waals surface area (Å²) < 4.78 is 5.69. The maximum atomic E-state index is 5.69. The first-order valence-electron chi connectivity index (χ1n) is 8.00. The number of hydrazine groups is 1. The molecular weight excluding hydrogens is 306 g/mol. The van der Waals surface area contributed by atoms with Crippen LogP contribution in [0.4, 0.5) is 5.69 Å². The number of furan rings is 1. The van der Waals surface area contributed by atoms with Crippen LogP contribution < -0.4 is 10.7 Å². The third-order valence-electron chi connectivity index (χ3n) is 4.41. The number of benzene rings is 1. The average Bonchev–Trinajstić information content (AvgIpc) is 3.22. The van der Waals surface area contributed by atoms with E-state index in [4.69, 9.17) is 16.6 Å². The molecule has 0 bridgehead atoms. The van der Waals surface area contributed by atoms with E-state index in [0.717, 1.165) is 24.3 Å². The number of allylic oxidation sites excluding steroid dienone is 1. The second-order valence-corrected chi connectivity index (χ2v) is 6.29. The first kappa shape index (κ1) is 14.3. The van der Waals surface area contributed by atoms with Crippen LogP contribution in [0, 0.1) is 0 Å². The van der Waals surface area contributed by atoms with Crippen molar-refractivity contribution in [2.45, 2.75) is 31.7 Å². The van der Waals surface area contributed by atoms with E-state index in [2.05, 4.69) is 10.7 Å². The van der Waals surface area contributed by atoms with E-state index in [-0.39, 0.29) is 6.04 Å². The second-order valence-electron chi connectivity index (χ2n) is 5.91. The van der Waals surface area contributed by atoms with E-state index in [9.17, 15) is 0 Å². The Morgan fingerprint density at radius 3 is 2.74 bits per heavy atom. The van der Waals surface area contributed by atoms with Crippen LogP contribution in [-0.4, -0.2) is 10.1 Å². The van der Waals surface area contributed by atoms with Crippen LogP contribution in [0.25, 0.3) is 0 Å². The minimum absolute atomic E-state index is 0.0454. The summed E-state index contributed by atoms with van der Waals surface area (Å²) in [7, 11) is 0. The van der Waals surface area contributed by atoms with Gasteiger partial charge >= 0.3 is 0 Å². The number of thiocarbonyl (C=S) groups is 1. The molecule has 4 rings (SSSR count). The van der Waals surface area contributed by atoms with Crippen molar-refractivity contribution >= 4 is 23.0 Å². The molecule has 4 nitrogen and oxygen atoms in total. The van der Waals surface area contributed by atoms with Gasteiger partial charge in [0.15, 0.2) is 5.11 Å². The highest BCUT2D eigenvalue weighted by atomic mass is 32.1. The molecule has 1 atom stereocenters. The predicted molar refractivity (Wildman–Crippen MR) is 94.6 cm³/mol. The summed E-state index contributed by atoms with van der Waals surface area (Å²) in [6.07, 6.45) is 6.35. The standard InChI is InChI=1S/C18H19N3OS/c23-18(19-13-7-2-1-3-8-13)21-17(16-11-6-12-22-16)14-9-4-5-10-15(14)20-21/h1-3,6-8,11-12,17,20H,4-5,9-10H2,(H,19,23). The summed E-state index contributed by atoms with van der Waals surface area (Å²) >= 11 is 5.65. The number of anilines is 1. The third kappa shape index (κ3) is 2.72. The van der Waals surface area contributed by atoms with Gasteiger partial charge in [-0.3, -0.25) is 5.43 Å². The molecule has 0 radical (unpaired) electrons. The number of nitrogens with zero attached hydrogens (tertiary/aromatic N) is 1. The zero-order valence-corrected chi connectivity index (χ0v) is 13.6. The molecule has 2 heterocycles. The summed E-state index contributed by atoms with van der Waals surface area (Å²) in [5.74, 6) is 0.932. The van der Waals surface area contributed by atoms with Gasteiger partial charge in [-0.2, -0.15) is 0 Å². The van der Waals surface area contributed by atoms with Crippen LogP contribution in [0.3, 0.4) is 0 Å². The number of rotatable bonds is 2. The molecular formula is C18H19N3OS. The molecule has 2 N–H and O–H groups in total. The number of nitrogens with one attached hydrogen (secondary N) is 2. The molecule has 118 valence electrons. The monoisotopic (exact) mass is 325 g/mol. The number of para-hydroxylation sites is 1. The Labute approximate surface area is 141 Å². The molecule has 1 aliphatic heterocycles. The van der Waals surface area contributed by atoms with E-state index >= 15 is 0 Å². The van der Waals surface area contributed by atoms with Crippen molar-refractivity contribution in [3.05, 3.63) is 65.8 Å². The first-order chi connectivity index (χ1) is 11.3. The highest BCUT2D eigenvalue weighted by Gasteiger charge is 2.37. The van der Waals surface area contributed by atoms with E-state index in [1.807, 2.05) is 47.5 Å². The van der Waals surface area contributed by atoms with Crippen molar-refractivity contribution in [2.24, 2.45) is 0 Å². The quantitative estimate of drug-likeness (QED) is 0.803. The topological polar surface area (TPSA) is 40.4 Å². The highest BCUT2D eigenvalue weighted by Crippen LogP contribution is 2.41. The molecule has 23 heavy (non-hydrogen) atoms. The molecule has 1 aliphatic carbocycles. The van der Waals surface area contributed by atoms with E-state index in [0.29, 0.717) is 5.11 Å². The van der Waals surface area contributed by atoms with Gasteiger partial charge in [-0.05, 0) is 67.7 Å². The van der Waals surface area contributed by atoms with Gasteiger partial charge in [0.2, 0.25) is 0 Å². The summed E-state index contributed by atoms with van der Waals surface area (Å²) in [6, 6.07) is 14.0. The lowest BCUT2D eigenvalue weighted by Gasteiger charge is -2.27. The fraction of sp³-hybridized carbons (Fsp3) is 0.278. The number of hydrogen-bond donors (Lipinski definition) is 2. The van der Waals surface area contributed by atoms with Crippen LogP contribution in [-0.2, 0) is 0 Å². The fourth-order valence-electron chi connectivity index (χ4n) is 3.34. The molecule has 0 spiro atoms. The van der Waals surface area contributed by atoms with Gasteiger partial charge < -0.3 is 9.73 Å². The van der Waals surface area contributed by atoms with Gasteiger partial charge in [-0.25, -0.2) is 5.01 Å². The van der Waals surface area contributed by atoms with Crippen molar-refractivity contribution in [1.29, 1.82) is 0 Å². The van der Waals surface area contributed by atoms with E-state index in [1.165, 1.54) is 24.1 Å². The summed E-state index contributed by atoms with van der Waals surface area (Å²) in [6.45, 7) is 0. The molecule has 2 aliphatic rings. The smallest absolute Gasteiger partial charge is 0.193 e. The Hall–Kier alpha value is -2.27. The Morgan fingerprint density at radius 2 is 1.96 bits per heavy atom. The summed E-state index contributed by atoms with van der Waals surface area (Å²) in [5.41, 5.74) is 7.20. The molecule has 1 aromatic heterocycles. The molecule has 5 heteroatoms. The van der Waals surface area contributed by atoms with Crippen molar-refractivity contribution in [1.82, 2.24) is 10.4 Å². The predicted octanol–water partition coefficient (Wildman–Crippen LogP) is 4.37. The normalized spacial score (nSPS) is 20.2. The minimum Gasteiger partial charge on any atom is -0.467 e. The highest BCUT2D eigenvalue weighted by molar-refractivity contribution is 7.80. The van der Waals surface area contributed by atoms with Gasteiger partial charge in [0, 0.05) is 11.4 Å². The first-order valence-corrected chi connectivity index (χ1v) is 8.41. The molecule has 2 aromatic rings. The van der Waals surface area contributed by atoms with Gasteiger partial charge in [-0.15, -0.1) is 0 Å². The zero-order valence-electron chi connectivity index (χ0n) is 12.8. The molecule has 0 saturated carbocycles. The lowest BCUT2D eigenvalue weighted by atomic mass is 9.91. The average molecular weight is 325 g/mol. The maximum Gasteiger partial charge on any atom is 0.193 e. The van der Waals surface area contributed by atoms with Crippen molar-refractivity contribution < 1.29 is 4.42 Å². The van der Waals surface area contributed by atoms with Gasteiger partial charge in [0.25, 0.3) is 0 Å². The largest absolute Gasteiger partial charge is 0.467 e. The van der Waals surface area contributed by atoms with Crippen LogP contribution in [0.15, 0.2) is 64.4 Å². The number of hydrogen-bond acceptors (Lipinski definition) is 3. The molecule has 0 saturated heterocycles. The maximum absolute atomic E-state index is 5.69. The van der Waals surface area contributed by atoms with Crippen LogP contribution in [0.5, 0.6) is 0 Å². The van der Waals surface area contributed by atoms with Gasteiger partial charge in [0.05, 0.1) is 6.26 Å². The van der Waals surface area contributed by atoms with Gasteiger partial charge in [0.1, 0.15) is 11.8 Å². The zero-order chi connectivity index (χ0) is 15.6. The van der Waals surface area contributed by atoms with E-state index < -0.39 is 0 Å². The Bertz CT molecular complexity index is 724. The van der Waals surface area contributed by atoms with Crippen LogP contribution >= 0.6 is 12.2 Å². The van der Waals surface area contributed by atoms with Crippen molar-refractivity contribution in [3.63, 3.8) is 0 Å². The Balaban J connectivity index is 1.61.